The number of thioether (sulfide) groups is 1. The normalized spacial score (nSPS) is 17.5. The van der Waals surface area contributed by atoms with Crippen LogP contribution in [-0.2, 0) is 32.2 Å². The molecule has 4 aromatic carbocycles. The lowest BCUT2D eigenvalue weighted by atomic mass is 9.99. The van der Waals surface area contributed by atoms with Gasteiger partial charge >= 0.3 is 5.97 Å². The summed E-state index contributed by atoms with van der Waals surface area (Å²) in [6.45, 7) is 0.432. The first-order valence-corrected chi connectivity index (χ1v) is 18.9. The second-order valence-corrected chi connectivity index (χ2v) is 14.8. The van der Waals surface area contributed by atoms with Gasteiger partial charge in [0.05, 0.1) is 29.0 Å². The Morgan fingerprint density at radius 3 is 2.36 bits per heavy atom. The minimum Gasteiger partial charge on any atom is -0.481 e. The SMILES string of the molecule is O=C(O)CCCCCCC(=O)NCc1cccc(-c2cccc([C@@H]3O[C@H](CSc4nc5ccccc5s4)C[C@H](c4ccc(CO)cc4)O3)c2)c1. The van der Waals surface area contributed by atoms with Gasteiger partial charge in [0.1, 0.15) is 0 Å². The van der Waals surface area contributed by atoms with E-state index >= 15 is 0 Å². The van der Waals surface area contributed by atoms with E-state index in [9.17, 15) is 14.7 Å². The number of aliphatic carboxylic acids is 1. The molecule has 260 valence electrons. The number of ether oxygens (including phenoxy) is 2. The number of nitrogens with one attached hydrogen (secondary N) is 1. The monoisotopic (exact) mass is 710 g/mol. The van der Waals surface area contributed by atoms with Crippen LogP contribution in [0, 0.1) is 0 Å². The number of aromatic nitrogens is 1. The minimum atomic E-state index is -0.775. The molecule has 3 atom stereocenters. The van der Waals surface area contributed by atoms with Gasteiger partial charge in [-0.05, 0) is 64.9 Å². The smallest absolute Gasteiger partial charge is 0.303 e. The fraction of sp³-hybridized carbons (Fsp3) is 0.325. The average Bonchev–Trinajstić information content (AvgIpc) is 3.58. The van der Waals surface area contributed by atoms with Crippen LogP contribution >= 0.6 is 23.1 Å². The number of nitrogens with zero attached hydrogens (tertiary/aromatic N) is 1. The summed E-state index contributed by atoms with van der Waals surface area (Å²) in [5, 5.41) is 21.4. The van der Waals surface area contributed by atoms with E-state index in [-0.39, 0.29) is 31.1 Å². The van der Waals surface area contributed by atoms with Gasteiger partial charge < -0.3 is 25.0 Å². The highest BCUT2D eigenvalue weighted by Crippen LogP contribution is 2.41. The van der Waals surface area contributed by atoms with Crippen LogP contribution in [-0.4, -0.2) is 38.9 Å². The number of carboxylic acid groups (broad SMARTS) is 1. The van der Waals surface area contributed by atoms with Crippen LogP contribution in [0.5, 0.6) is 0 Å². The predicted octanol–water partition coefficient (Wildman–Crippen LogP) is 8.83. The topological polar surface area (TPSA) is 118 Å². The Morgan fingerprint density at radius 2 is 1.58 bits per heavy atom. The zero-order chi connectivity index (χ0) is 34.7. The van der Waals surface area contributed by atoms with Gasteiger partial charge in [0.25, 0.3) is 0 Å². The molecule has 0 bridgehead atoms. The molecule has 3 N–H and O–H groups in total. The Bertz CT molecular complexity index is 1840. The van der Waals surface area contributed by atoms with Crippen LogP contribution in [0.1, 0.15) is 79.6 Å². The summed E-state index contributed by atoms with van der Waals surface area (Å²) in [5.74, 6) is -0.0373. The zero-order valence-electron chi connectivity index (χ0n) is 27.8. The standard InChI is InChI=1S/C40H42N2O6S2/c43-25-27-17-19-29(20-18-27)35-23-33(26-49-40-42-34-13-5-6-14-36(34)50-40)47-39(48-35)32-12-8-11-31(22-32)30-10-7-9-28(21-30)24-41-37(44)15-3-1-2-4-16-38(45)46/h5-14,17-22,33,35,39,43H,1-4,15-16,23-26H2,(H,41,44)(H,45,46)/t33-,35+,39+/m0/s1. The quantitative estimate of drug-likeness (QED) is 0.0687. The van der Waals surface area contributed by atoms with E-state index in [4.69, 9.17) is 19.6 Å². The second kappa shape index (κ2) is 17.7. The summed E-state index contributed by atoms with van der Waals surface area (Å²) in [6, 6.07) is 32.5. The Hall–Kier alpha value is -4.06. The Labute approximate surface area is 300 Å². The number of aliphatic hydroxyl groups excluding tert-OH is 1. The van der Waals surface area contributed by atoms with Crippen LogP contribution in [0.2, 0.25) is 0 Å². The van der Waals surface area contributed by atoms with E-state index in [0.717, 1.165) is 68.3 Å². The fourth-order valence-corrected chi connectivity index (χ4v) is 8.14. The summed E-state index contributed by atoms with van der Waals surface area (Å²) < 4.78 is 15.4. The largest absolute Gasteiger partial charge is 0.481 e. The molecule has 6 rings (SSSR count). The molecule has 1 saturated heterocycles. The highest BCUT2D eigenvalue weighted by molar-refractivity contribution is 8.01. The number of rotatable bonds is 16. The third-order valence-corrected chi connectivity index (χ3v) is 11.0. The Kier molecular flexibility index (Phi) is 12.7. The van der Waals surface area contributed by atoms with Crippen molar-refractivity contribution < 1.29 is 29.3 Å². The first-order valence-electron chi connectivity index (χ1n) is 17.1. The van der Waals surface area contributed by atoms with Crippen molar-refractivity contribution in [3.63, 3.8) is 0 Å². The number of carbonyl (C=O) groups is 2. The van der Waals surface area contributed by atoms with Crippen LogP contribution in [0.3, 0.4) is 0 Å². The lowest BCUT2D eigenvalue weighted by Crippen LogP contribution is -2.31. The van der Waals surface area contributed by atoms with E-state index in [0.29, 0.717) is 25.8 Å². The first-order chi connectivity index (χ1) is 24.4. The summed E-state index contributed by atoms with van der Waals surface area (Å²) >= 11 is 3.41. The molecular weight excluding hydrogens is 669 g/mol. The van der Waals surface area contributed by atoms with Crippen LogP contribution in [0.4, 0.5) is 0 Å². The van der Waals surface area contributed by atoms with Gasteiger partial charge in [-0.3, -0.25) is 9.59 Å². The van der Waals surface area contributed by atoms with Crippen LogP contribution < -0.4 is 5.32 Å². The van der Waals surface area contributed by atoms with Gasteiger partial charge in [-0.15, -0.1) is 11.3 Å². The number of carbonyl (C=O) groups excluding carboxylic acids is 1. The fourth-order valence-electron chi connectivity index (χ4n) is 6.03. The zero-order valence-corrected chi connectivity index (χ0v) is 29.5. The molecule has 50 heavy (non-hydrogen) atoms. The molecule has 1 amide bonds. The number of carboxylic acids is 1. The second-order valence-electron chi connectivity index (χ2n) is 12.5. The lowest BCUT2D eigenvalue weighted by Gasteiger charge is -2.36. The summed E-state index contributed by atoms with van der Waals surface area (Å²) in [6.07, 6.45) is 3.55. The molecule has 1 aliphatic heterocycles. The maximum absolute atomic E-state index is 12.4. The van der Waals surface area contributed by atoms with E-state index < -0.39 is 12.3 Å². The lowest BCUT2D eigenvalue weighted by molar-refractivity contribution is -0.245. The number of hydrogen-bond donors (Lipinski definition) is 3. The van der Waals surface area contributed by atoms with Crippen molar-refractivity contribution in [2.24, 2.45) is 0 Å². The third-order valence-electron chi connectivity index (χ3n) is 8.74. The molecule has 0 spiro atoms. The summed E-state index contributed by atoms with van der Waals surface area (Å²) in [4.78, 5) is 27.9. The van der Waals surface area contributed by atoms with Gasteiger partial charge in [0.2, 0.25) is 5.91 Å². The summed E-state index contributed by atoms with van der Waals surface area (Å²) in [7, 11) is 0. The highest BCUT2D eigenvalue weighted by atomic mass is 32.2. The van der Waals surface area contributed by atoms with Crippen molar-refractivity contribution in [1.82, 2.24) is 10.3 Å². The number of aliphatic hydroxyl groups is 1. The van der Waals surface area contributed by atoms with Gasteiger partial charge in [0, 0.05) is 37.1 Å². The molecule has 0 radical (unpaired) electrons. The molecule has 0 saturated carbocycles. The molecule has 8 nitrogen and oxygen atoms in total. The van der Waals surface area contributed by atoms with Crippen molar-refractivity contribution in [2.75, 3.05) is 5.75 Å². The number of thiazole rings is 1. The maximum Gasteiger partial charge on any atom is 0.303 e. The third kappa shape index (κ3) is 10.0. The predicted molar refractivity (Wildman–Crippen MR) is 198 cm³/mol. The van der Waals surface area contributed by atoms with Gasteiger partial charge in [-0.2, -0.15) is 0 Å². The maximum atomic E-state index is 12.4. The van der Waals surface area contributed by atoms with Crippen LogP contribution in [0.15, 0.2) is 101 Å². The van der Waals surface area contributed by atoms with E-state index in [1.165, 1.54) is 4.70 Å². The summed E-state index contributed by atoms with van der Waals surface area (Å²) in [5.41, 5.74) is 6.92. The molecule has 0 aliphatic carbocycles. The van der Waals surface area contributed by atoms with Gasteiger partial charge in [-0.1, -0.05) is 97.4 Å². The van der Waals surface area contributed by atoms with Gasteiger partial charge in [-0.25, -0.2) is 4.98 Å². The number of unbranched alkanes of at least 4 members (excludes halogenated alkanes) is 3. The molecule has 0 unspecified atom stereocenters. The number of hydrogen-bond acceptors (Lipinski definition) is 8. The van der Waals surface area contributed by atoms with E-state index in [1.807, 2.05) is 66.7 Å². The number of benzene rings is 4. The Balaban J connectivity index is 1.11. The molecular formula is C40H42N2O6S2. The van der Waals surface area contributed by atoms with Crippen molar-refractivity contribution in [2.45, 2.75) is 80.9 Å². The van der Waals surface area contributed by atoms with Crippen molar-refractivity contribution in [1.29, 1.82) is 0 Å². The molecule has 2 heterocycles. The molecule has 1 aliphatic rings. The van der Waals surface area contributed by atoms with Crippen LogP contribution in [0.25, 0.3) is 21.3 Å². The first kappa shape index (κ1) is 35.8. The minimum absolute atomic E-state index is 0.00126. The number of para-hydroxylation sites is 1. The van der Waals surface area contributed by atoms with E-state index in [2.05, 4.69) is 35.6 Å². The average molecular weight is 711 g/mol. The van der Waals surface area contributed by atoms with Gasteiger partial charge in [0.15, 0.2) is 10.6 Å². The molecule has 1 fully saturated rings. The number of fused-ring (bicyclic) bond motifs is 1. The molecule has 10 heteroatoms. The molecule has 1 aromatic heterocycles. The molecule has 5 aromatic rings. The van der Waals surface area contributed by atoms with E-state index in [1.54, 1.807) is 23.1 Å². The highest BCUT2D eigenvalue weighted by Gasteiger charge is 2.32. The Morgan fingerprint density at radius 1 is 0.820 bits per heavy atom. The number of amides is 1. The van der Waals surface area contributed by atoms with Crippen molar-refractivity contribution >= 4 is 45.2 Å². The van der Waals surface area contributed by atoms with Crippen molar-refractivity contribution in [3.05, 3.63) is 119 Å². The van der Waals surface area contributed by atoms with Crippen molar-refractivity contribution in [3.8, 4) is 11.1 Å².